The van der Waals surface area contributed by atoms with Crippen LogP contribution in [0.4, 0.5) is 4.79 Å². The van der Waals surface area contributed by atoms with Gasteiger partial charge in [-0.1, -0.05) is 12.1 Å². The number of alkyl carbamates (subject to hydrolysis) is 1. The molecule has 0 aliphatic heterocycles. The Balaban J connectivity index is 2.84. The van der Waals surface area contributed by atoms with Gasteiger partial charge in [-0.3, -0.25) is 10.1 Å². The van der Waals surface area contributed by atoms with E-state index in [2.05, 4.69) is 19.8 Å². The van der Waals surface area contributed by atoms with Crippen LogP contribution in [0.15, 0.2) is 0 Å². The summed E-state index contributed by atoms with van der Waals surface area (Å²) in [6, 6.07) is 0. The van der Waals surface area contributed by atoms with E-state index >= 15 is 0 Å². The molecule has 1 aromatic rings. The molecule has 2 amide bonds. The van der Waals surface area contributed by atoms with Crippen molar-refractivity contribution in [3.63, 3.8) is 0 Å². The van der Waals surface area contributed by atoms with Crippen LogP contribution in [0.5, 0.6) is 0 Å². The Morgan fingerprint density at radius 2 is 1.95 bits per heavy atom. The lowest BCUT2D eigenvalue weighted by molar-refractivity contribution is -0.121. The molecule has 1 heterocycles. The van der Waals surface area contributed by atoms with Gasteiger partial charge >= 0.3 is 12.1 Å². The number of esters is 1. The molecule has 0 unspecified atom stereocenters. The van der Waals surface area contributed by atoms with Crippen LogP contribution in [-0.2, 0) is 27.2 Å². The number of hydrogen-bond acceptors (Lipinski definition) is 7. The van der Waals surface area contributed by atoms with E-state index in [9.17, 15) is 14.4 Å². The van der Waals surface area contributed by atoms with Gasteiger partial charge in [0.25, 0.3) is 5.91 Å². The first-order valence-corrected chi connectivity index (χ1v) is 5.41. The largest absolute Gasteiger partial charge is 0.464 e. The van der Waals surface area contributed by atoms with E-state index in [1.165, 1.54) is 11.8 Å². The highest BCUT2D eigenvalue weighted by molar-refractivity contribution is 5.92. The van der Waals surface area contributed by atoms with Gasteiger partial charge in [0.15, 0.2) is 5.69 Å². The number of methoxy groups -OCH3 is 2. The minimum Gasteiger partial charge on any atom is -0.464 e. The van der Waals surface area contributed by atoms with E-state index < -0.39 is 18.0 Å². The quantitative estimate of drug-likeness (QED) is 0.734. The first-order chi connectivity index (χ1) is 9.03. The molecule has 0 saturated heterocycles. The highest BCUT2D eigenvalue weighted by atomic mass is 16.5. The van der Waals surface area contributed by atoms with Gasteiger partial charge in [0.1, 0.15) is 6.54 Å². The Kier molecular flexibility index (Phi) is 4.98. The Labute approximate surface area is 108 Å². The SMILES string of the molecule is CCc1c(C(=O)OC)nnn1CC(=O)NC(=O)OC. The summed E-state index contributed by atoms with van der Waals surface area (Å²) in [5.41, 5.74) is 0.503. The third kappa shape index (κ3) is 3.50. The van der Waals surface area contributed by atoms with Crippen molar-refractivity contribution >= 4 is 18.0 Å². The predicted molar refractivity (Wildman–Crippen MR) is 61.3 cm³/mol. The molecule has 9 nitrogen and oxygen atoms in total. The molecule has 0 spiro atoms. The molecule has 1 N–H and O–H groups in total. The molecule has 0 aliphatic rings. The summed E-state index contributed by atoms with van der Waals surface area (Å²) in [6.07, 6.45) is -0.431. The van der Waals surface area contributed by atoms with Gasteiger partial charge in [-0.15, -0.1) is 5.10 Å². The van der Waals surface area contributed by atoms with Crippen molar-refractivity contribution in [2.75, 3.05) is 14.2 Å². The first-order valence-electron chi connectivity index (χ1n) is 5.41. The van der Waals surface area contributed by atoms with Crippen LogP contribution in [0.3, 0.4) is 0 Å². The molecule has 0 fully saturated rings. The van der Waals surface area contributed by atoms with Gasteiger partial charge < -0.3 is 9.47 Å². The third-order valence-corrected chi connectivity index (χ3v) is 2.27. The number of carbonyl (C=O) groups is 3. The number of ether oxygens (including phenoxy) is 2. The predicted octanol–water partition coefficient (Wildman–Crippen LogP) is -0.490. The smallest absolute Gasteiger partial charge is 0.413 e. The van der Waals surface area contributed by atoms with Crippen molar-refractivity contribution < 1.29 is 23.9 Å². The molecule has 19 heavy (non-hydrogen) atoms. The summed E-state index contributed by atoms with van der Waals surface area (Å²) < 4.78 is 10.1. The summed E-state index contributed by atoms with van der Waals surface area (Å²) in [7, 11) is 2.37. The molecule has 1 aromatic heterocycles. The second kappa shape index (κ2) is 6.47. The lowest BCUT2D eigenvalue weighted by atomic mass is 10.2. The highest BCUT2D eigenvalue weighted by Crippen LogP contribution is 2.07. The molecular weight excluding hydrogens is 256 g/mol. The third-order valence-electron chi connectivity index (χ3n) is 2.27. The zero-order chi connectivity index (χ0) is 14.4. The van der Waals surface area contributed by atoms with Crippen LogP contribution in [0.25, 0.3) is 0 Å². The molecule has 0 bridgehead atoms. The van der Waals surface area contributed by atoms with Gasteiger partial charge in [0.2, 0.25) is 0 Å². The van der Waals surface area contributed by atoms with Gasteiger partial charge in [0, 0.05) is 0 Å². The van der Waals surface area contributed by atoms with Crippen LogP contribution in [0, 0.1) is 0 Å². The molecule has 0 radical (unpaired) electrons. The summed E-state index contributed by atoms with van der Waals surface area (Å²) in [5.74, 6) is -1.25. The molecule has 1 rings (SSSR count). The van der Waals surface area contributed by atoms with Crippen molar-refractivity contribution in [1.82, 2.24) is 20.3 Å². The van der Waals surface area contributed by atoms with Gasteiger partial charge in [0.05, 0.1) is 19.9 Å². The van der Waals surface area contributed by atoms with E-state index in [4.69, 9.17) is 0 Å². The van der Waals surface area contributed by atoms with Gasteiger partial charge in [-0.05, 0) is 6.42 Å². The fraction of sp³-hybridized carbons (Fsp3) is 0.500. The van der Waals surface area contributed by atoms with Crippen LogP contribution < -0.4 is 5.32 Å². The van der Waals surface area contributed by atoms with Gasteiger partial charge in [-0.2, -0.15) is 0 Å². The zero-order valence-corrected chi connectivity index (χ0v) is 10.8. The standard InChI is InChI=1S/C10H14N4O5/c1-4-6-8(9(16)18-2)12-13-14(6)5-7(15)11-10(17)19-3/h4-5H2,1-3H3,(H,11,15,17). The lowest BCUT2D eigenvalue weighted by Crippen LogP contribution is -2.33. The average molecular weight is 270 g/mol. The topological polar surface area (TPSA) is 112 Å². The number of rotatable bonds is 4. The number of imide groups is 1. The Hall–Kier alpha value is -2.45. The minimum absolute atomic E-state index is 0.0517. The second-order valence-electron chi connectivity index (χ2n) is 3.43. The van der Waals surface area contributed by atoms with Crippen LogP contribution in [0.2, 0.25) is 0 Å². The van der Waals surface area contributed by atoms with Crippen LogP contribution in [-0.4, -0.2) is 47.2 Å². The van der Waals surface area contributed by atoms with Crippen molar-refractivity contribution in [3.8, 4) is 0 Å². The maximum absolute atomic E-state index is 11.5. The maximum atomic E-state index is 11.5. The van der Waals surface area contributed by atoms with Crippen LogP contribution >= 0.6 is 0 Å². The first kappa shape index (κ1) is 14.6. The highest BCUT2D eigenvalue weighted by Gasteiger charge is 2.20. The Morgan fingerprint density at radius 1 is 1.26 bits per heavy atom. The number of aromatic nitrogens is 3. The van der Waals surface area contributed by atoms with E-state index in [0.29, 0.717) is 12.1 Å². The summed E-state index contributed by atoms with van der Waals surface area (Å²) in [5, 5.41) is 9.31. The molecule has 104 valence electrons. The minimum atomic E-state index is -0.864. The number of nitrogens with one attached hydrogen (secondary N) is 1. The molecule has 0 atom stereocenters. The van der Waals surface area contributed by atoms with Crippen molar-refractivity contribution in [2.24, 2.45) is 0 Å². The molecule has 9 heteroatoms. The van der Waals surface area contributed by atoms with Gasteiger partial charge in [-0.25, -0.2) is 14.3 Å². The maximum Gasteiger partial charge on any atom is 0.413 e. The monoisotopic (exact) mass is 270 g/mol. The van der Waals surface area contributed by atoms with E-state index in [1.54, 1.807) is 6.92 Å². The summed E-state index contributed by atoms with van der Waals surface area (Å²) in [4.78, 5) is 33.7. The van der Waals surface area contributed by atoms with Crippen molar-refractivity contribution in [3.05, 3.63) is 11.4 Å². The number of hydrogen-bond donors (Lipinski definition) is 1. The fourth-order valence-electron chi connectivity index (χ4n) is 1.41. The van der Waals surface area contributed by atoms with Crippen LogP contribution in [0.1, 0.15) is 23.1 Å². The zero-order valence-electron chi connectivity index (χ0n) is 10.8. The fourth-order valence-corrected chi connectivity index (χ4v) is 1.41. The number of amides is 2. The Morgan fingerprint density at radius 3 is 2.47 bits per heavy atom. The molecule has 0 aliphatic carbocycles. The Bertz CT molecular complexity index is 496. The lowest BCUT2D eigenvalue weighted by Gasteiger charge is -2.05. The van der Waals surface area contributed by atoms with E-state index in [-0.39, 0.29) is 12.2 Å². The van der Waals surface area contributed by atoms with E-state index in [1.807, 2.05) is 5.32 Å². The van der Waals surface area contributed by atoms with E-state index in [0.717, 1.165) is 7.11 Å². The number of carbonyl (C=O) groups excluding carboxylic acids is 3. The number of nitrogens with zero attached hydrogens (tertiary/aromatic N) is 3. The average Bonchev–Trinajstić information content (AvgIpc) is 2.79. The summed E-state index contributed by atoms with van der Waals surface area (Å²) >= 11 is 0. The molecule has 0 saturated carbocycles. The molecule has 0 aromatic carbocycles. The molecular formula is C10H14N4O5. The van der Waals surface area contributed by atoms with Crippen molar-refractivity contribution in [2.45, 2.75) is 19.9 Å². The summed E-state index contributed by atoms with van der Waals surface area (Å²) in [6.45, 7) is 1.53. The second-order valence-corrected chi connectivity index (χ2v) is 3.43. The van der Waals surface area contributed by atoms with Crippen molar-refractivity contribution in [1.29, 1.82) is 0 Å². The normalized spacial score (nSPS) is 9.84.